The lowest BCUT2D eigenvalue weighted by molar-refractivity contribution is -0.166. The molecule has 2 aromatic heterocycles. The predicted octanol–water partition coefficient (Wildman–Crippen LogP) is 5.93. The summed E-state index contributed by atoms with van der Waals surface area (Å²) in [5, 5.41) is 21.6. The monoisotopic (exact) mass is 766 g/mol. The number of nitrogens with two attached hydrogens (primary N) is 2. The van der Waals surface area contributed by atoms with E-state index >= 15 is 0 Å². The normalized spacial score (nSPS) is 12.9. The first-order valence-corrected chi connectivity index (χ1v) is 18.5. The molecular formula is C44H54N4O8. The fourth-order valence-electron chi connectivity index (χ4n) is 6.58. The Bertz CT molecular complexity index is 1980. The molecule has 12 heteroatoms. The van der Waals surface area contributed by atoms with Gasteiger partial charge in [0.05, 0.1) is 22.5 Å². The molecule has 2 atom stereocenters. The van der Waals surface area contributed by atoms with Crippen molar-refractivity contribution in [3.05, 3.63) is 105 Å². The number of aliphatic hydroxyl groups is 2. The molecule has 0 fully saturated rings. The number of hydrogen-bond acceptors (Lipinski definition) is 12. The average molecular weight is 767 g/mol. The van der Waals surface area contributed by atoms with Gasteiger partial charge >= 0.3 is 23.9 Å². The topological polar surface area (TPSA) is 205 Å². The summed E-state index contributed by atoms with van der Waals surface area (Å²) in [4.78, 5) is 63.2. The molecule has 0 bridgehead atoms. The Balaban J connectivity index is 1.65. The second kappa shape index (κ2) is 17.3. The molecule has 298 valence electrons. The Morgan fingerprint density at radius 3 is 1.16 bits per heavy atom. The summed E-state index contributed by atoms with van der Waals surface area (Å²) >= 11 is 0. The molecule has 56 heavy (non-hydrogen) atoms. The van der Waals surface area contributed by atoms with Crippen LogP contribution >= 0.6 is 0 Å². The van der Waals surface area contributed by atoms with Gasteiger partial charge in [0.25, 0.3) is 0 Å². The summed E-state index contributed by atoms with van der Waals surface area (Å²) in [5.74, 6) is -5.66. The van der Waals surface area contributed by atoms with Crippen molar-refractivity contribution in [2.75, 3.05) is 0 Å². The van der Waals surface area contributed by atoms with E-state index in [4.69, 9.17) is 20.9 Å². The molecule has 2 aromatic carbocycles. The van der Waals surface area contributed by atoms with Crippen LogP contribution in [0.5, 0.6) is 0 Å². The van der Waals surface area contributed by atoms with Crippen molar-refractivity contribution in [3.8, 4) is 22.3 Å². The van der Waals surface area contributed by atoms with Crippen LogP contribution in [0.1, 0.15) is 107 Å². The van der Waals surface area contributed by atoms with Crippen molar-refractivity contribution in [2.45, 2.75) is 107 Å². The summed E-state index contributed by atoms with van der Waals surface area (Å²) in [5.41, 5.74) is 19.0. The molecule has 0 radical (unpaired) electrons. The SMILES string of the molecule is Cc1ccc(-c2c(CN)c(CC(C)(C)C)nc(C)c2C(=O)OC(=O)C(O)C(O)C(=O)OC(=O)c2c(C)nc(CC(C)(C)C)c(CN)c2-c2ccc(C)cc2)cc1. The molecule has 0 aliphatic heterocycles. The molecule has 6 N–H and O–H groups in total. The molecule has 0 saturated heterocycles. The summed E-state index contributed by atoms with van der Waals surface area (Å²) in [6.45, 7) is 19.3. The van der Waals surface area contributed by atoms with Crippen LogP contribution in [0.2, 0.25) is 0 Å². The maximum absolute atomic E-state index is 13.8. The Morgan fingerprint density at radius 2 is 0.893 bits per heavy atom. The van der Waals surface area contributed by atoms with Crippen LogP contribution < -0.4 is 11.5 Å². The quantitative estimate of drug-likeness (QED) is 0.104. The Labute approximate surface area is 328 Å². The lowest BCUT2D eigenvalue weighted by Gasteiger charge is -2.24. The first-order chi connectivity index (χ1) is 26.1. The molecule has 0 aliphatic rings. The smallest absolute Gasteiger partial charge is 0.348 e. The van der Waals surface area contributed by atoms with E-state index in [1.807, 2.05) is 104 Å². The number of hydrogen-bond donors (Lipinski definition) is 4. The van der Waals surface area contributed by atoms with E-state index in [0.717, 1.165) is 11.1 Å². The highest BCUT2D eigenvalue weighted by Gasteiger charge is 2.38. The van der Waals surface area contributed by atoms with E-state index in [-0.39, 0.29) is 46.4 Å². The number of carbonyl (C=O) groups excluding carboxylic acids is 4. The third-order valence-corrected chi connectivity index (χ3v) is 9.19. The number of benzene rings is 2. The number of rotatable bonds is 11. The summed E-state index contributed by atoms with van der Waals surface area (Å²) in [6, 6.07) is 14.7. The van der Waals surface area contributed by atoms with Crippen molar-refractivity contribution in [2.24, 2.45) is 22.3 Å². The highest BCUT2D eigenvalue weighted by atomic mass is 16.6. The summed E-state index contributed by atoms with van der Waals surface area (Å²) < 4.78 is 10.1. The second-order valence-corrected chi connectivity index (χ2v) is 16.7. The van der Waals surface area contributed by atoms with Gasteiger partial charge in [-0.25, -0.2) is 19.2 Å². The molecular weight excluding hydrogens is 713 g/mol. The number of esters is 4. The Hall–Kier alpha value is -5.14. The van der Waals surface area contributed by atoms with E-state index in [2.05, 4.69) is 9.97 Å². The van der Waals surface area contributed by atoms with Gasteiger partial charge < -0.3 is 31.2 Å². The number of pyridine rings is 2. The van der Waals surface area contributed by atoms with Crippen molar-refractivity contribution in [1.29, 1.82) is 0 Å². The van der Waals surface area contributed by atoms with Gasteiger partial charge in [-0.05, 0) is 73.6 Å². The molecule has 4 aromatic rings. The fraction of sp³-hybridized carbons (Fsp3) is 0.409. The zero-order valence-corrected chi connectivity index (χ0v) is 34.0. The van der Waals surface area contributed by atoms with E-state index in [1.165, 1.54) is 0 Å². The lowest BCUT2D eigenvalue weighted by Crippen LogP contribution is -2.43. The molecule has 0 aliphatic carbocycles. The second-order valence-electron chi connectivity index (χ2n) is 16.7. The minimum Gasteiger partial charge on any atom is -0.387 e. The first-order valence-electron chi connectivity index (χ1n) is 18.5. The van der Waals surface area contributed by atoms with Gasteiger partial charge in [-0.2, -0.15) is 0 Å². The molecule has 12 nitrogen and oxygen atoms in total. The number of nitrogens with zero attached hydrogens (tertiary/aromatic N) is 2. The van der Waals surface area contributed by atoms with E-state index in [1.54, 1.807) is 13.8 Å². The van der Waals surface area contributed by atoms with Gasteiger partial charge in [-0.15, -0.1) is 0 Å². The van der Waals surface area contributed by atoms with Crippen LogP contribution in [0.4, 0.5) is 0 Å². The minimum atomic E-state index is -2.60. The van der Waals surface area contributed by atoms with Gasteiger partial charge in [-0.3, -0.25) is 9.97 Å². The Morgan fingerprint density at radius 1 is 0.589 bits per heavy atom. The van der Waals surface area contributed by atoms with Crippen LogP contribution in [0.25, 0.3) is 22.3 Å². The van der Waals surface area contributed by atoms with Crippen molar-refractivity contribution >= 4 is 23.9 Å². The summed E-state index contributed by atoms with van der Waals surface area (Å²) in [6.07, 6.45) is -4.13. The summed E-state index contributed by atoms with van der Waals surface area (Å²) in [7, 11) is 0. The molecule has 2 unspecified atom stereocenters. The third-order valence-electron chi connectivity index (χ3n) is 9.19. The fourth-order valence-corrected chi connectivity index (χ4v) is 6.58. The minimum absolute atomic E-state index is 0.0179. The lowest BCUT2D eigenvalue weighted by atomic mass is 9.85. The highest BCUT2D eigenvalue weighted by molar-refractivity contribution is 6.07. The molecule has 0 saturated carbocycles. The third kappa shape index (κ3) is 10.2. The first kappa shape index (κ1) is 43.6. The predicted molar refractivity (Wildman–Crippen MR) is 213 cm³/mol. The van der Waals surface area contributed by atoms with Gasteiger partial charge in [-0.1, -0.05) is 101 Å². The number of aliphatic hydroxyl groups excluding tert-OH is 2. The maximum Gasteiger partial charge on any atom is 0.348 e. The largest absolute Gasteiger partial charge is 0.387 e. The van der Waals surface area contributed by atoms with Crippen LogP contribution in [0.3, 0.4) is 0 Å². The molecule has 0 spiro atoms. The van der Waals surface area contributed by atoms with E-state index in [9.17, 15) is 29.4 Å². The van der Waals surface area contributed by atoms with E-state index < -0.39 is 36.1 Å². The van der Waals surface area contributed by atoms with Crippen LogP contribution in [-0.4, -0.2) is 56.3 Å². The molecule has 0 amide bonds. The van der Waals surface area contributed by atoms with Crippen molar-refractivity contribution < 1.29 is 38.9 Å². The van der Waals surface area contributed by atoms with Gasteiger partial charge in [0.15, 0.2) is 12.2 Å². The van der Waals surface area contributed by atoms with Gasteiger partial charge in [0.2, 0.25) is 0 Å². The number of ether oxygens (including phenoxy) is 2. The van der Waals surface area contributed by atoms with Gasteiger partial charge in [0, 0.05) is 35.6 Å². The number of aromatic nitrogens is 2. The van der Waals surface area contributed by atoms with Crippen LogP contribution in [0.15, 0.2) is 48.5 Å². The average Bonchev–Trinajstić information content (AvgIpc) is 3.09. The molecule has 4 rings (SSSR count). The maximum atomic E-state index is 13.8. The van der Waals surface area contributed by atoms with Crippen LogP contribution in [-0.2, 0) is 45.0 Å². The Kier molecular flexibility index (Phi) is 13.5. The van der Waals surface area contributed by atoms with Gasteiger partial charge in [0.1, 0.15) is 0 Å². The highest BCUT2D eigenvalue weighted by Crippen LogP contribution is 2.36. The number of aryl methyl sites for hydroxylation is 4. The van der Waals surface area contributed by atoms with Crippen molar-refractivity contribution in [1.82, 2.24) is 9.97 Å². The zero-order chi connectivity index (χ0) is 41.9. The molecule has 2 heterocycles. The van der Waals surface area contributed by atoms with Crippen molar-refractivity contribution in [3.63, 3.8) is 0 Å². The zero-order valence-electron chi connectivity index (χ0n) is 34.0. The van der Waals surface area contributed by atoms with E-state index in [0.29, 0.717) is 57.6 Å². The standard InChI is InChI=1S/C44H54N4O8/c1-23-11-15-27(16-12-23)35-29(21-45)31(19-43(5,6)7)47-25(3)33(35)39(51)55-41(53)37(49)38(50)42(54)56-40(52)34-26(4)48-32(20-44(8,9)10)30(22-46)36(34)28-17-13-24(2)14-18-28/h11-18,37-38,49-50H,19-22,45-46H2,1-10H3. The number of carbonyl (C=O) groups is 4. The van der Waals surface area contributed by atoms with Crippen LogP contribution in [0, 0.1) is 38.5 Å².